The van der Waals surface area contributed by atoms with Gasteiger partial charge in [0.25, 0.3) is 0 Å². The molecule has 0 aromatic rings. The summed E-state index contributed by atoms with van der Waals surface area (Å²) < 4.78 is 0. The average molecular weight is 286 g/mol. The van der Waals surface area contributed by atoms with Crippen molar-refractivity contribution in [1.82, 2.24) is 0 Å². The van der Waals surface area contributed by atoms with Gasteiger partial charge in [-0.1, -0.05) is 43.2 Å². The smallest absolute Gasteiger partial charge is 0.0583 e. The van der Waals surface area contributed by atoms with E-state index in [-0.39, 0.29) is 6.10 Å². The molecule has 0 aromatic heterocycles. The van der Waals surface area contributed by atoms with Gasteiger partial charge in [-0.05, 0) is 74.7 Å². The minimum atomic E-state index is -0.157. The van der Waals surface area contributed by atoms with Gasteiger partial charge in [0.1, 0.15) is 0 Å². The SMILES string of the molecule is C=C1CC[C@H](O)C/C1=C/C=C1\CCCC2C(CC)CCC12. The van der Waals surface area contributed by atoms with Crippen LogP contribution in [0.4, 0.5) is 0 Å². The topological polar surface area (TPSA) is 20.2 Å². The number of aliphatic hydroxyl groups is 1. The predicted octanol–water partition coefficient (Wildman–Crippen LogP) is 5.18. The van der Waals surface area contributed by atoms with Crippen molar-refractivity contribution in [3.05, 3.63) is 35.5 Å². The molecule has 3 rings (SSSR count). The number of aliphatic hydroxyl groups excluding tert-OH is 1. The fraction of sp³-hybridized carbons (Fsp3) is 0.700. The van der Waals surface area contributed by atoms with Crippen LogP contribution in [0.3, 0.4) is 0 Å². The highest BCUT2D eigenvalue weighted by Crippen LogP contribution is 2.49. The fourth-order valence-corrected chi connectivity index (χ4v) is 4.88. The van der Waals surface area contributed by atoms with E-state index in [0.29, 0.717) is 0 Å². The van der Waals surface area contributed by atoms with Crippen LogP contribution in [0.25, 0.3) is 0 Å². The van der Waals surface area contributed by atoms with E-state index in [2.05, 4.69) is 25.7 Å². The molecule has 0 spiro atoms. The molecule has 0 amide bonds. The van der Waals surface area contributed by atoms with Crippen molar-refractivity contribution < 1.29 is 5.11 Å². The Kier molecular flexibility index (Phi) is 4.69. The van der Waals surface area contributed by atoms with Crippen LogP contribution in [0.5, 0.6) is 0 Å². The molecule has 3 aliphatic rings. The maximum Gasteiger partial charge on any atom is 0.0583 e. The first-order valence-corrected chi connectivity index (χ1v) is 8.95. The molecule has 1 heteroatoms. The maximum absolute atomic E-state index is 9.85. The van der Waals surface area contributed by atoms with Crippen LogP contribution in [0.1, 0.15) is 64.7 Å². The summed E-state index contributed by atoms with van der Waals surface area (Å²) in [5, 5.41) is 9.85. The molecule has 0 heterocycles. The van der Waals surface area contributed by atoms with Crippen molar-refractivity contribution in [2.75, 3.05) is 0 Å². The van der Waals surface area contributed by atoms with Gasteiger partial charge in [-0.3, -0.25) is 0 Å². The second-order valence-electron chi connectivity index (χ2n) is 7.34. The molecule has 0 bridgehead atoms. The summed E-state index contributed by atoms with van der Waals surface area (Å²) >= 11 is 0. The largest absolute Gasteiger partial charge is 0.393 e. The van der Waals surface area contributed by atoms with Gasteiger partial charge < -0.3 is 5.11 Å². The van der Waals surface area contributed by atoms with Crippen LogP contribution in [0, 0.1) is 17.8 Å². The highest BCUT2D eigenvalue weighted by atomic mass is 16.3. The van der Waals surface area contributed by atoms with E-state index in [0.717, 1.165) is 37.0 Å². The summed E-state index contributed by atoms with van der Waals surface area (Å²) in [7, 11) is 0. The van der Waals surface area contributed by atoms with Gasteiger partial charge in [0, 0.05) is 0 Å². The molecule has 1 N–H and O–H groups in total. The Labute approximate surface area is 129 Å². The number of hydrogen-bond acceptors (Lipinski definition) is 1. The first kappa shape index (κ1) is 15.1. The van der Waals surface area contributed by atoms with Gasteiger partial charge in [-0.2, -0.15) is 0 Å². The monoisotopic (exact) mass is 286 g/mol. The first-order valence-electron chi connectivity index (χ1n) is 8.95. The summed E-state index contributed by atoms with van der Waals surface area (Å²) in [6.45, 7) is 6.54. The van der Waals surface area contributed by atoms with Crippen molar-refractivity contribution in [2.24, 2.45) is 17.8 Å². The first-order chi connectivity index (χ1) is 10.2. The summed E-state index contributed by atoms with van der Waals surface area (Å²) in [5.74, 6) is 2.77. The third kappa shape index (κ3) is 3.18. The van der Waals surface area contributed by atoms with E-state index < -0.39 is 0 Å². The van der Waals surface area contributed by atoms with Crippen molar-refractivity contribution in [2.45, 2.75) is 70.8 Å². The summed E-state index contributed by atoms with van der Waals surface area (Å²) in [5.41, 5.74) is 4.21. The molecule has 0 saturated heterocycles. The van der Waals surface area contributed by atoms with E-state index in [4.69, 9.17) is 0 Å². The van der Waals surface area contributed by atoms with Gasteiger partial charge in [0.15, 0.2) is 0 Å². The lowest BCUT2D eigenvalue weighted by molar-refractivity contribution is 0.158. The third-order valence-electron chi connectivity index (χ3n) is 6.16. The Morgan fingerprint density at radius 3 is 2.81 bits per heavy atom. The molecule has 4 atom stereocenters. The van der Waals surface area contributed by atoms with Gasteiger partial charge in [0.2, 0.25) is 0 Å². The molecule has 1 nitrogen and oxygen atoms in total. The zero-order valence-corrected chi connectivity index (χ0v) is 13.5. The summed E-state index contributed by atoms with van der Waals surface area (Å²) in [6.07, 6.45) is 15.5. The normalized spacial score (nSPS) is 40.8. The van der Waals surface area contributed by atoms with Crippen molar-refractivity contribution in [1.29, 1.82) is 0 Å². The zero-order valence-electron chi connectivity index (χ0n) is 13.5. The van der Waals surface area contributed by atoms with E-state index >= 15 is 0 Å². The average Bonchev–Trinajstić information content (AvgIpc) is 2.92. The molecule has 3 fully saturated rings. The van der Waals surface area contributed by atoms with Crippen molar-refractivity contribution in [3.63, 3.8) is 0 Å². The van der Waals surface area contributed by atoms with E-state index in [1.54, 1.807) is 5.57 Å². The number of allylic oxidation sites excluding steroid dienone is 4. The van der Waals surface area contributed by atoms with E-state index in [1.807, 2.05) is 0 Å². The Bertz CT molecular complexity index is 456. The second kappa shape index (κ2) is 6.52. The quantitative estimate of drug-likeness (QED) is 0.742. The Balaban J connectivity index is 1.75. The van der Waals surface area contributed by atoms with Crippen LogP contribution >= 0.6 is 0 Å². The molecule has 21 heavy (non-hydrogen) atoms. The molecule has 0 aliphatic heterocycles. The van der Waals surface area contributed by atoms with Crippen LogP contribution in [-0.4, -0.2) is 11.2 Å². The molecule has 3 saturated carbocycles. The lowest BCUT2D eigenvalue weighted by Gasteiger charge is -2.31. The summed E-state index contributed by atoms with van der Waals surface area (Å²) in [4.78, 5) is 0. The Hall–Kier alpha value is -0.820. The number of fused-ring (bicyclic) bond motifs is 1. The van der Waals surface area contributed by atoms with Crippen LogP contribution in [-0.2, 0) is 0 Å². The number of rotatable bonds is 2. The lowest BCUT2D eigenvalue weighted by atomic mass is 9.74. The minimum Gasteiger partial charge on any atom is -0.393 e. The second-order valence-corrected chi connectivity index (χ2v) is 7.34. The standard InChI is InChI=1S/C20H30O/c1-3-15-10-12-20-16(5-4-6-19(15)20)8-9-17-13-18(21)11-7-14(17)2/h8-9,15,18-21H,2-7,10-13H2,1H3/b16-8+,17-9-/t15?,18-,19?,20?/m0/s1. The van der Waals surface area contributed by atoms with Gasteiger partial charge >= 0.3 is 0 Å². The van der Waals surface area contributed by atoms with E-state index in [9.17, 15) is 5.11 Å². The number of hydrogen-bond donors (Lipinski definition) is 1. The molecule has 0 radical (unpaired) electrons. The highest BCUT2D eigenvalue weighted by molar-refractivity contribution is 5.35. The third-order valence-corrected chi connectivity index (χ3v) is 6.16. The van der Waals surface area contributed by atoms with Crippen molar-refractivity contribution >= 4 is 0 Å². The van der Waals surface area contributed by atoms with Crippen LogP contribution < -0.4 is 0 Å². The van der Waals surface area contributed by atoms with Crippen LogP contribution in [0.2, 0.25) is 0 Å². The molecule has 3 unspecified atom stereocenters. The zero-order chi connectivity index (χ0) is 14.8. The maximum atomic E-state index is 9.85. The van der Waals surface area contributed by atoms with Gasteiger partial charge in [-0.15, -0.1) is 0 Å². The summed E-state index contributed by atoms with van der Waals surface area (Å²) in [6, 6.07) is 0. The molecular weight excluding hydrogens is 256 g/mol. The fourth-order valence-electron chi connectivity index (χ4n) is 4.88. The lowest BCUT2D eigenvalue weighted by Crippen LogP contribution is -2.21. The molecule has 3 aliphatic carbocycles. The molecule has 116 valence electrons. The van der Waals surface area contributed by atoms with Crippen LogP contribution in [0.15, 0.2) is 35.5 Å². The predicted molar refractivity (Wildman–Crippen MR) is 89.0 cm³/mol. The highest BCUT2D eigenvalue weighted by Gasteiger charge is 2.38. The Morgan fingerprint density at radius 1 is 1.14 bits per heavy atom. The Morgan fingerprint density at radius 2 is 2.00 bits per heavy atom. The van der Waals surface area contributed by atoms with Gasteiger partial charge in [0.05, 0.1) is 6.10 Å². The molecular formula is C20H30O. The molecule has 0 aromatic carbocycles. The van der Waals surface area contributed by atoms with Gasteiger partial charge in [-0.25, -0.2) is 0 Å². The van der Waals surface area contributed by atoms with Crippen molar-refractivity contribution in [3.8, 4) is 0 Å². The minimum absolute atomic E-state index is 0.157. The van der Waals surface area contributed by atoms with E-state index in [1.165, 1.54) is 49.7 Å².